The van der Waals surface area contributed by atoms with E-state index < -0.39 is 5.97 Å². The molecule has 2 heterocycles. The molecule has 0 atom stereocenters. The highest BCUT2D eigenvalue weighted by molar-refractivity contribution is 7.16. The van der Waals surface area contributed by atoms with E-state index in [1.165, 1.54) is 18.4 Å². The molecule has 0 spiro atoms. The number of methoxy groups -OCH3 is 2. The summed E-state index contributed by atoms with van der Waals surface area (Å²) in [6, 6.07) is 16.8. The minimum Gasteiger partial charge on any atom is -0.497 e. The van der Waals surface area contributed by atoms with Gasteiger partial charge in [0.25, 0.3) is 5.91 Å². The third-order valence-corrected chi connectivity index (χ3v) is 6.47. The standard InChI is InChI=1S/C25H22N2O4S/c1-14-15(2)32-24(22(14)25(29)31-4)27-23(28)19-13-21(16-9-11-17(30-3)12-10-16)26-20-8-6-5-7-18(19)20/h5-13H,1-4H3,(H,27,28). The Bertz CT molecular complexity index is 1330. The van der Waals surface area contributed by atoms with Crippen molar-refractivity contribution in [2.75, 3.05) is 19.5 Å². The molecule has 2 aromatic heterocycles. The van der Waals surface area contributed by atoms with Gasteiger partial charge in [0.1, 0.15) is 10.8 Å². The van der Waals surface area contributed by atoms with Gasteiger partial charge in [-0.15, -0.1) is 11.3 Å². The lowest BCUT2D eigenvalue weighted by Crippen LogP contribution is -2.15. The largest absolute Gasteiger partial charge is 0.497 e. The molecule has 0 radical (unpaired) electrons. The molecular weight excluding hydrogens is 424 g/mol. The number of pyridine rings is 1. The fraction of sp³-hybridized carbons (Fsp3) is 0.160. The highest BCUT2D eigenvalue weighted by Gasteiger charge is 2.23. The predicted molar refractivity (Wildman–Crippen MR) is 127 cm³/mol. The number of thiophene rings is 1. The molecule has 0 aliphatic carbocycles. The molecule has 0 bridgehead atoms. The summed E-state index contributed by atoms with van der Waals surface area (Å²) in [7, 11) is 2.94. The van der Waals surface area contributed by atoms with Gasteiger partial charge in [-0.25, -0.2) is 9.78 Å². The van der Waals surface area contributed by atoms with E-state index in [2.05, 4.69) is 5.32 Å². The van der Waals surface area contributed by atoms with E-state index in [1.807, 2.05) is 62.4 Å². The molecule has 0 saturated heterocycles. The van der Waals surface area contributed by atoms with Crippen LogP contribution in [0.5, 0.6) is 5.75 Å². The van der Waals surface area contributed by atoms with Crippen molar-refractivity contribution >= 4 is 39.1 Å². The van der Waals surface area contributed by atoms with E-state index in [4.69, 9.17) is 14.5 Å². The van der Waals surface area contributed by atoms with Gasteiger partial charge in [-0.2, -0.15) is 0 Å². The Morgan fingerprint density at radius 1 is 1.00 bits per heavy atom. The van der Waals surface area contributed by atoms with Crippen LogP contribution in [0.15, 0.2) is 54.6 Å². The van der Waals surface area contributed by atoms with E-state index in [9.17, 15) is 9.59 Å². The van der Waals surface area contributed by atoms with E-state index >= 15 is 0 Å². The molecule has 7 heteroatoms. The number of nitrogens with one attached hydrogen (secondary N) is 1. The normalized spacial score (nSPS) is 10.8. The van der Waals surface area contributed by atoms with Crippen LogP contribution in [0.3, 0.4) is 0 Å². The SMILES string of the molecule is COC(=O)c1c(NC(=O)c2cc(-c3ccc(OC)cc3)nc3ccccc23)sc(C)c1C. The quantitative estimate of drug-likeness (QED) is 0.402. The number of rotatable bonds is 5. The average molecular weight is 447 g/mol. The first-order valence-corrected chi connectivity index (χ1v) is 10.8. The maximum Gasteiger partial charge on any atom is 0.341 e. The van der Waals surface area contributed by atoms with Crippen LogP contribution >= 0.6 is 11.3 Å². The maximum absolute atomic E-state index is 13.4. The minimum atomic E-state index is -0.472. The highest BCUT2D eigenvalue weighted by Crippen LogP contribution is 2.34. The van der Waals surface area contributed by atoms with E-state index in [0.717, 1.165) is 27.1 Å². The summed E-state index contributed by atoms with van der Waals surface area (Å²) < 4.78 is 10.2. The van der Waals surface area contributed by atoms with Crippen LogP contribution in [-0.4, -0.2) is 31.1 Å². The van der Waals surface area contributed by atoms with Gasteiger partial charge in [0.2, 0.25) is 0 Å². The maximum atomic E-state index is 13.4. The number of aromatic nitrogens is 1. The van der Waals surface area contributed by atoms with Crippen LogP contribution in [0.2, 0.25) is 0 Å². The molecule has 162 valence electrons. The van der Waals surface area contributed by atoms with Crippen molar-refractivity contribution in [1.29, 1.82) is 0 Å². The number of amides is 1. The zero-order chi connectivity index (χ0) is 22.8. The summed E-state index contributed by atoms with van der Waals surface area (Å²) in [6.45, 7) is 3.75. The smallest absolute Gasteiger partial charge is 0.341 e. The van der Waals surface area contributed by atoms with Gasteiger partial charge >= 0.3 is 5.97 Å². The Balaban J connectivity index is 1.79. The Morgan fingerprint density at radius 3 is 2.41 bits per heavy atom. The molecule has 6 nitrogen and oxygen atoms in total. The number of aryl methyl sites for hydroxylation is 1. The lowest BCUT2D eigenvalue weighted by atomic mass is 10.0. The first-order valence-electron chi connectivity index (χ1n) is 9.96. The molecule has 0 fully saturated rings. The highest BCUT2D eigenvalue weighted by atomic mass is 32.1. The van der Waals surface area contributed by atoms with Crippen LogP contribution in [-0.2, 0) is 4.74 Å². The molecule has 0 saturated carbocycles. The first kappa shape index (κ1) is 21.5. The van der Waals surface area contributed by atoms with Crippen molar-refractivity contribution in [1.82, 2.24) is 4.98 Å². The number of anilines is 1. The van der Waals surface area contributed by atoms with Crippen LogP contribution < -0.4 is 10.1 Å². The van der Waals surface area contributed by atoms with Gasteiger partial charge in [0.15, 0.2) is 0 Å². The molecule has 0 aliphatic heterocycles. The summed E-state index contributed by atoms with van der Waals surface area (Å²) in [5.41, 5.74) is 3.90. The van der Waals surface area contributed by atoms with Crippen LogP contribution in [0, 0.1) is 13.8 Å². The van der Waals surface area contributed by atoms with Crippen molar-refractivity contribution in [2.24, 2.45) is 0 Å². The lowest BCUT2D eigenvalue weighted by Gasteiger charge is -2.11. The molecule has 0 aliphatic rings. The molecule has 1 amide bonds. The zero-order valence-electron chi connectivity index (χ0n) is 18.2. The second-order valence-electron chi connectivity index (χ2n) is 7.23. The van der Waals surface area contributed by atoms with Gasteiger partial charge in [-0.1, -0.05) is 18.2 Å². The van der Waals surface area contributed by atoms with Gasteiger partial charge < -0.3 is 14.8 Å². The second-order valence-corrected chi connectivity index (χ2v) is 8.46. The molecule has 32 heavy (non-hydrogen) atoms. The lowest BCUT2D eigenvalue weighted by molar-refractivity contribution is 0.0601. The fourth-order valence-corrected chi connectivity index (χ4v) is 4.55. The summed E-state index contributed by atoms with van der Waals surface area (Å²) in [5.74, 6) is -0.0447. The van der Waals surface area contributed by atoms with Crippen molar-refractivity contribution in [3.63, 3.8) is 0 Å². The molecule has 2 aromatic carbocycles. The minimum absolute atomic E-state index is 0.315. The molecular formula is C25H22N2O4S. The first-order chi connectivity index (χ1) is 15.4. The number of hydrogen-bond acceptors (Lipinski definition) is 6. The molecule has 0 unspecified atom stereocenters. The summed E-state index contributed by atoms with van der Waals surface area (Å²) in [6.07, 6.45) is 0. The number of para-hydroxylation sites is 1. The second kappa shape index (κ2) is 8.80. The predicted octanol–water partition coefficient (Wildman–Crippen LogP) is 5.63. The number of ether oxygens (including phenoxy) is 2. The fourth-order valence-electron chi connectivity index (χ4n) is 3.51. The summed E-state index contributed by atoms with van der Waals surface area (Å²) in [4.78, 5) is 31.4. The Kier molecular flexibility index (Phi) is 5.92. The van der Waals surface area contributed by atoms with E-state index in [0.29, 0.717) is 27.3 Å². The van der Waals surface area contributed by atoms with Crippen molar-refractivity contribution in [2.45, 2.75) is 13.8 Å². The summed E-state index contributed by atoms with van der Waals surface area (Å²) in [5, 5.41) is 4.13. The monoisotopic (exact) mass is 446 g/mol. The number of nitrogens with zero attached hydrogens (tertiary/aromatic N) is 1. The topological polar surface area (TPSA) is 77.5 Å². The molecule has 4 rings (SSSR count). The Morgan fingerprint density at radius 2 is 1.72 bits per heavy atom. The van der Waals surface area contributed by atoms with Crippen LogP contribution in [0.4, 0.5) is 5.00 Å². The van der Waals surface area contributed by atoms with Crippen LogP contribution in [0.1, 0.15) is 31.2 Å². The third-order valence-electron chi connectivity index (χ3n) is 5.35. The number of hydrogen-bond donors (Lipinski definition) is 1. The van der Waals surface area contributed by atoms with Crippen molar-refractivity contribution in [3.05, 3.63) is 76.2 Å². The van der Waals surface area contributed by atoms with Gasteiger partial charge in [0, 0.05) is 15.8 Å². The number of esters is 1. The van der Waals surface area contributed by atoms with Crippen molar-refractivity contribution in [3.8, 4) is 17.0 Å². The number of benzene rings is 2. The van der Waals surface area contributed by atoms with Crippen molar-refractivity contribution < 1.29 is 19.1 Å². The number of carbonyl (C=O) groups excluding carboxylic acids is 2. The summed E-state index contributed by atoms with van der Waals surface area (Å²) >= 11 is 1.36. The number of fused-ring (bicyclic) bond motifs is 1. The molecule has 1 N–H and O–H groups in total. The zero-order valence-corrected chi connectivity index (χ0v) is 19.0. The average Bonchev–Trinajstić information content (AvgIpc) is 3.10. The van der Waals surface area contributed by atoms with Crippen LogP contribution in [0.25, 0.3) is 22.2 Å². The molecule has 4 aromatic rings. The number of carbonyl (C=O) groups is 2. The van der Waals surface area contributed by atoms with E-state index in [1.54, 1.807) is 13.2 Å². The Labute approximate surface area is 189 Å². The van der Waals surface area contributed by atoms with Gasteiger partial charge in [-0.05, 0) is 55.8 Å². The van der Waals surface area contributed by atoms with Gasteiger partial charge in [-0.3, -0.25) is 4.79 Å². The Hall–Kier alpha value is -3.71. The van der Waals surface area contributed by atoms with E-state index in [-0.39, 0.29) is 5.91 Å². The third kappa shape index (κ3) is 3.94. The van der Waals surface area contributed by atoms with Gasteiger partial charge in [0.05, 0.1) is 36.6 Å².